The maximum atomic E-state index is 6.53. The van der Waals surface area contributed by atoms with Gasteiger partial charge in [-0.25, -0.2) is 0 Å². The van der Waals surface area contributed by atoms with Crippen molar-refractivity contribution < 1.29 is 47.4 Å². The quantitative estimate of drug-likeness (QED) is 0.0703. The zero-order valence-electron chi connectivity index (χ0n) is 31.8. The Bertz CT molecular complexity index is 1580. The largest absolute Gasteiger partial charge is 0.497 e. The molecule has 0 aliphatic heterocycles. The molecule has 4 rings (SSSR count). The molecule has 0 N–H and O–H groups in total. The van der Waals surface area contributed by atoms with Crippen LogP contribution < -0.4 is 37.9 Å². The maximum Gasteiger partial charge on any atom is 0.122 e. The molecule has 10 heteroatoms. The van der Waals surface area contributed by atoms with Gasteiger partial charge in [0.1, 0.15) is 46.0 Å². The van der Waals surface area contributed by atoms with E-state index in [-0.39, 0.29) is 11.8 Å². The molecule has 0 spiro atoms. The average Bonchev–Trinajstić information content (AvgIpc) is 3.18. The number of methoxy groups -OCH3 is 8. The summed E-state index contributed by atoms with van der Waals surface area (Å²) in [5, 5.41) is 0. The van der Waals surface area contributed by atoms with Crippen LogP contribution in [0.15, 0.2) is 72.8 Å². The van der Waals surface area contributed by atoms with Gasteiger partial charge in [-0.3, -0.25) is 0 Å². The molecule has 282 valence electrons. The number of hydrogen-bond donors (Lipinski definition) is 0. The van der Waals surface area contributed by atoms with E-state index in [1.165, 1.54) is 0 Å². The first-order chi connectivity index (χ1) is 25.3. The molecule has 0 radical (unpaired) electrons. The Morgan fingerprint density at radius 1 is 0.365 bits per heavy atom. The predicted octanol–water partition coefficient (Wildman–Crippen LogP) is 7.99. The number of rotatable bonds is 23. The Labute approximate surface area is 308 Å². The molecule has 0 saturated heterocycles. The summed E-state index contributed by atoms with van der Waals surface area (Å²) >= 11 is 0. The lowest BCUT2D eigenvalue weighted by Crippen LogP contribution is -2.25. The maximum absolute atomic E-state index is 6.53. The summed E-state index contributed by atoms with van der Waals surface area (Å²) in [6.45, 7) is 1.95. The van der Waals surface area contributed by atoms with Gasteiger partial charge in [0.25, 0.3) is 0 Å². The lowest BCUT2D eigenvalue weighted by atomic mass is 9.80. The fourth-order valence-electron chi connectivity index (χ4n) is 6.31. The molecule has 0 unspecified atom stereocenters. The molecule has 4 aromatic carbocycles. The molecule has 2 atom stereocenters. The van der Waals surface area contributed by atoms with Gasteiger partial charge in [0.2, 0.25) is 0 Å². The standard InChI is InChI=1S/C42H54O10/c1-43-35-14-29(15-36(22-35)44-2)12-33(10-9-11-51-26-31-18-39(47-5)24-40(19-31)48-6)34(13-30-16-37(45-3)23-38(17-30)46-4)28-52-27-32-20-41(49-7)25-42(21-32)50-8/h14-25,33-34H,9-13,26-28H2,1-8H3/t33-,34+/m1/s1. The van der Waals surface area contributed by atoms with E-state index >= 15 is 0 Å². The van der Waals surface area contributed by atoms with Gasteiger partial charge >= 0.3 is 0 Å². The van der Waals surface area contributed by atoms with E-state index in [9.17, 15) is 0 Å². The van der Waals surface area contributed by atoms with E-state index in [2.05, 4.69) is 24.3 Å². The van der Waals surface area contributed by atoms with E-state index in [4.69, 9.17) is 47.4 Å². The van der Waals surface area contributed by atoms with Crippen LogP contribution in [-0.4, -0.2) is 70.1 Å². The summed E-state index contributed by atoms with van der Waals surface area (Å²) in [4.78, 5) is 0. The third kappa shape index (κ3) is 12.2. The Hall–Kier alpha value is -4.80. The molecule has 0 heterocycles. The summed E-state index contributed by atoms with van der Waals surface area (Å²) < 4.78 is 57.1. The van der Waals surface area contributed by atoms with Gasteiger partial charge in [-0.2, -0.15) is 0 Å². The van der Waals surface area contributed by atoms with Crippen molar-refractivity contribution in [2.24, 2.45) is 11.8 Å². The summed E-state index contributed by atoms with van der Waals surface area (Å²) in [6.07, 6.45) is 3.26. The van der Waals surface area contributed by atoms with Crippen LogP contribution in [0.2, 0.25) is 0 Å². The van der Waals surface area contributed by atoms with Gasteiger partial charge in [0, 0.05) is 30.9 Å². The van der Waals surface area contributed by atoms with Crippen molar-refractivity contribution in [1.82, 2.24) is 0 Å². The molecule has 4 aromatic rings. The third-order valence-corrected chi connectivity index (χ3v) is 9.04. The Morgan fingerprint density at radius 2 is 0.673 bits per heavy atom. The molecule has 0 aliphatic carbocycles. The predicted molar refractivity (Wildman–Crippen MR) is 201 cm³/mol. The highest BCUT2D eigenvalue weighted by molar-refractivity contribution is 5.41. The van der Waals surface area contributed by atoms with Crippen molar-refractivity contribution >= 4 is 0 Å². The average molecular weight is 719 g/mol. The van der Waals surface area contributed by atoms with E-state index < -0.39 is 0 Å². The number of hydrogen-bond acceptors (Lipinski definition) is 10. The van der Waals surface area contributed by atoms with E-state index in [1.54, 1.807) is 56.9 Å². The van der Waals surface area contributed by atoms with Gasteiger partial charge in [0.05, 0.1) is 76.7 Å². The summed E-state index contributed by atoms with van der Waals surface area (Å²) in [5.74, 6) is 6.21. The van der Waals surface area contributed by atoms with E-state index in [0.717, 1.165) is 93.9 Å². The minimum atomic E-state index is 0.115. The lowest BCUT2D eigenvalue weighted by Gasteiger charge is -2.28. The second kappa shape index (κ2) is 20.9. The molecular weight excluding hydrogens is 664 g/mol. The normalized spacial score (nSPS) is 12.1. The van der Waals surface area contributed by atoms with E-state index in [1.807, 2.05) is 48.5 Å². The summed E-state index contributed by atoms with van der Waals surface area (Å²) in [5.41, 5.74) is 4.18. The zero-order valence-corrected chi connectivity index (χ0v) is 31.8. The SMILES string of the molecule is COc1cc(COCCC[C@H](Cc2cc(OC)cc(OC)c2)[C@H](COCc2cc(OC)cc(OC)c2)Cc2cc(OC)cc(OC)c2)cc(OC)c1. The van der Waals surface area contributed by atoms with Gasteiger partial charge in [0.15, 0.2) is 0 Å². The van der Waals surface area contributed by atoms with Crippen molar-refractivity contribution in [2.45, 2.75) is 38.9 Å². The molecule has 10 nitrogen and oxygen atoms in total. The number of ether oxygens (including phenoxy) is 10. The zero-order chi connectivity index (χ0) is 37.3. The summed E-state index contributed by atoms with van der Waals surface area (Å²) in [6, 6.07) is 23.7. The molecule has 0 bridgehead atoms. The molecule has 0 aliphatic rings. The monoisotopic (exact) mass is 718 g/mol. The van der Waals surface area contributed by atoms with Crippen molar-refractivity contribution in [1.29, 1.82) is 0 Å². The summed E-state index contributed by atoms with van der Waals surface area (Å²) in [7, 11) is 13.3. The van der Waals surface area contributed by atoms with Crippen LogP contribution in [0.25, 0.3) is 0 Å². The van der Waals surface area contributed by atoms with Crippen LogP contribution in [0.5, 0.6) is 46.0 Å². The first-order valence-corrected chi connectivity index (χ1v) is 17.4. The van der Waals surface area contributed by atoms with Gasteiger partial charge < -0.3 is 47.4 Å². The smallest absolute Gasteiger partial charge is 0.122 e. The van der Waals surface area contributed by atoms with Crippen LogP contribution in [-0.2, 0) is 35.5 Å². The second-order valence-electron chi connectivity index (χ2n) is 12.5. The van der Waals surface area contributed by atoms with Crippen LogP contribution in [0.3, 0.4) is 0 Å². The topological polar surface area (TPSA) is 92.3 Å². The highest BCUT2D eigenvalue weighted by Gasteiger charge is 2.24. The highest BCUT2D eigenvalue weighted by Crippen LogP contribution is 2.33. The highest BCUT2D eigenvalue weighted by atomic mass is 16.5. The third-order valence-electron chi connectivity index (χ3n) is 9.04. The van der Waals surface area contributed by atoms with Gasteiger partial charge in [-0.1, -0.05) is 0 Å². The Morgan fingerprint density at radius 3 is 1.02 bits per heavy atom. The fraction of sp³-hybridized carbons (Fsp3) is 0.429. The first-order valence-electron chi connectivity index (χ1n) is 17.4. The van der Waals surface area contributed by atoms with Gasteiger partial charge in [-0.05, 0) is 108 Å². The van der Waals surface area contributed by atoms with Crippen LogP contribution in [0.4, 0.5) is 0 Å². The van der Waals surface area contributed by atoms with Crippen molar-refractivity contribution in [3.8, 4) is 46.0 Å². The van der Waals surface area contributed by atoms with Crippen LogP contribution >= 0.6 is 0 Å². The van der Waals surface area contributed by atoms with Crippen LogP contribution in [0.1, 0.15) is 35.1 Å². The Balaban J connectivity index is 1.60. The lowest BCUT2D eigenvalue weighted by molar-refractivity contribution is 0.0578. The van der Waals surface area contributed by atoms with Crippen molar-refractivity contribution in [3.05, 3.63) is 95.1 Å². The molecular formula is C42H54O10. The minimum absolute atomic E-state index is 0.115. The first kappa shape index (κ1) is 40.0. The Kier molecular flexibility index (Phi) is 16.1. The van der Waals surface area contributed by atoms with E-state index in [0.29, 0.717) is 26.4 Å². The molecule has 0 fully saturated rings. The molecule has 0 saturated carbocycles. The van der Waals surface area contributed by atoms with Gasteiger partial charge in [-0.15, -0.1) is 0 Å². The molecule has 0 amide bonds. The minimum Gasteiger partial charge on any atom is -0.497 e. The second-order valence-corrected chi connectivity index (χ2v) is 12.5. The molecule has 0 aromatic heterocycles. The number of benzene rings is 4. The van der Waals surface area contributed by atoms with Crippen molar-refractivity contribution in [2.75, 3.05) is 70.1 Å². The van der Waals surface area contributed by atoms with Crippen molar-refractivity contribution in [3.63, 3.8) is 0 Å². The fourth-order valence-corrected chi connectivity index (χ4v) is 6.31. The van der Waals surface area contributed by atoms with Crippen LogP contribution in [0, 0.1) is 11.8 Å². The molecule has 52 heavy (non-hydrogen) atoms.